The monoisotopic (exact) mass is 543 g/mol. The molecule has 0 saturated carbocycles. The van der Waals surface area contributed by atoms with Gasteiger partial charge in [0.2, 0.25) is 6.79 Å². The number of pyridine rings is 1. The van der Waals surface area contributed by atoms with Crippen molar-refractivity contribution in [2.75, 3.05) is 39.6 Å². The third kappa shape index (κ3) is 4.96. The van der Waals surface area contributed by atoms with Gasteiger partial charge >= 0.3 is 0 Å². The van der Waals surface area contributed by atoms with Crippen molar-refractivity contribution in [1.82, 2.24) is 35.0 Å². The second-order valence-electron chi connectivity index (χ2n) is 10.9. The number of hydrogen-bond acceptors (Lipinski definition) is 9. The third-order valence-electron chi connectivity index (χ3n) is 8.14. The van der Waals surface area contributed by atoms with Crippen molar-refractivity contribution >= 4 is 10.9 Å². The van der Waals surface area contributed by atoms with Crippen LogP contribution in [0, 0.1) is 6.92 Å². The Morgan fingerprint density at radius 1 is 1.05 bits per heavy atom. The van der Waals surface area contributed by atoms with Gasteiger partial charge in [0.1, 0.15) is 6.04 Å². The van der Waals surface area contributed by atoms with E-state index in [0.29, 0.717) is 17.9 Å². The van der Waals surface area contributed by atoms with Crippen LogP contribution in [0.15, 0.2) is 47.3 Å². The zero-order chi connectivity index (χ0) is 27.1. The van der Waals surface area contributed by atoms with Gasteiger partial charge in [-0.1, -0.05) is 18.2 Å². The van der Waals surface area contributed by atoms with Crippen LogP contribution < -0.4 is 15.0 Å². The molecule has 40 heavy (non-hydrogen) atoms. The van der Waals surface area contributed by atoms with Gasteiger partial charge in [-0.3, -0.25) is 14.6 Å². The Kier molecular flexibility index (Phi) is 6.70. The molecule has 0 unspecified atom stereocenters. The summed E-state index contributed by atoms with van der Waals surface area (Å²) in [5.74, 6) is 2.28. The summed E-state index contributed by atoms with van der Waals surface area (Å²) >= 11 is 0. The quantitative estimate of drug-likeness (QED) is 0.376. The lowest BCUT2D eigenvalue weighted by atomic mass is 10.0. The molecule has 0 bridgehead atoms. The number of aromatic amines is 1. The number of aryl methyl sites for hydroxylation is 1. The second kappa shape index (κ2) is 10.6. The van der Waals surface area contributed by atoms with Gasteiger partial charge in [-0.25, -0.2) is 4.68 Å². The predicted octanol–water partition coefficient (Wildman–Crippen LogP) is 2.64. The van der Waals surface area contributed by atoms with Gasteiger partial charge in [0, 0.05) is 50.4 Å². The Bertz CT molecular complexity index is 1570. The first-order valence-corrected chi connectivity index (χ1v) is 14.0. The SMILES string of the molecule is Cc1ccc2cc([C@H](c3nnnn3C[C@H]3CCCO3)N3CCN(Cc4ccc5c(c4)OCO5)CC3)c(=O)[nH]c2c1. The lowest BCUT2D eigenvalue weighted by Crippen LogP contribution is -2.48. The van der Waals surface area contributed by atoms with Gasteiger partial charge in [0.15, 0.2) is 17.3 Å². The first-order chi connectivity index (χ1) is 19.6. The van der Waals surface area contributed by atoms with Crippen LogP contribution in [0.4, 0.5) is 0 Å². The number of nitrogens with zero attached hydrogens (tertiary/aromatic N) is 6. The van der Waals surface area contributed by atoms with Crippen molar-refractivity contribution in [3.63, 3.8) is 0 Å². The summed E-state index contributed by atoms with van der Waals surface area (Å²) < 4.78 is 18.7. The van der Waals surface area contributed by atoms with Crippen LogP contribution in [0.5, 0.6) is 11.5 Å². The Morgan fingerprint density at radius 3 is 2.77 bits per heavy atom. The highest BCUT2D eigenvalue weighted by Crippen LogP contribution is 2.33. The highest BCUT2D eigenvalue weighted by Gasteiger charge is 2.33. The molecule has 3 aliphatic heterocycles. The van der Waals surface area contributed by atoms with Crippen molar-refractivity contribution in [3.05, 3.63) is 75.3 Å². The number of fused-ring (bicyclic) bond motifs is 2. The Balaban J connectivity index is 1.17. The third-order valence-corrected chi connectivity index (χ3v) is 8.14. The van der Waals surface area contributed by atoms with Crippen LogP contribution in [-0.4, -0.2) is 80.7 Å². The molecule has 4 aromatic rings. The van der Waals surface area contributed by atoms with E-state index >= 15 is 0 Å². The van der Waals surface area contributed by atoms with E-state index in [1.165, 1.54) is 5.56 Å². The number of H-pyrrole nitrogens is 1. The lowest BCUT2D eigenvalue weighted by Gasteiger charge is -2.38. The molecule has 2 saturated heterocycles. The zero-order valence-electron chi connectivity index (χ0n) is 22.6. The van der Waals surface area contributed by atoms with Crippen LogP contribution >= 0.6 is 0 Å². The van der Waals surface area contributed by atoms with Gasteiger partial charge < -0.3 is 19.2 Å². The molecular formula is C29H33N7O4. The molecular weight excluding hydrogens is 510 g/mol. The average molecular weight is 544 g/mol. The number of benzene rings is 2. The van der Waals surface area contributed by atoms with Crippen molar-refractivity contribution in [2.45, 2.75) is 45.0 Å². The Labute approximate surface area is 231 Å². The Morgan fingerprint density at radius 2 is 1.93 bits per heavy atom. The summed E-state index contributed by atoms with van der Waals surface area (Å²) in [6.45, 7) is 7.71. The fourth-order valence-corrected chi connectivity index (χ4v) is 6.03. The maximum Gasteiger partial charge on any atom is 0.253 e. The van der Waals surface area contributed by atoms with Crippen LogP contribution in [0.25, 0.3) is 10.9 Å². The molecule has 0 radical (unpaired) electrons. The van der Waals surface area contributed by atoms with Crippen LogP contribution in [-0.2, 0) is 17.8 Å². The van der Waals surface area contributed by atoms with Gasteiger partial charge in [-0.2, -0.15) is 0 Å². The van der Waals surface area contributed by atoms with E-state index < -0.39 is 0 Å². The first kappa shape index (κ1) is 25.2. The molecule has 3 aliphatic rings. The molecule has 0 spiro atoms. The lowest BCUT2D eigenvalue weighted by molar-refractivity contribution is 0.0840. The summed E-state index contributed by atoms with van der Waals surface area (Å²) in [4.78, 5) is 21.4. The fraction of sp³-hybridized carbons (Fsp3) is 0.448. The highest BCUT2D eigenvalue weighted by atomic mass is 16.7. The molecule has 7 rings (SSSR count). The van der Waals surface area contributed by atoms with Gasteiger partial charge in [0.25, 0.3) is 5.56 Å². The van der Waals surface area contributed by atoms with E-state index in [9.17, 15) is 4.79 Å². The molecule has 1 N–H and O–H groups in total. The van der Waals surface area contributed by atoms with Crippen molar-refractivity contribution < 1.29 is 14.2 Å². The van der Waals surface area contributed by atoms with E-state index in [4.69, 9.17) is 14.2 Å². The zero-order valence-corrected chi connectivity index (χ0v) is 22.6. The van der Waals surface area contributed by atoms with E-state index in [1.807, 2.05) is 29.8 Å². The normalized spacial score (nSPS) is 20.4. The van der Waals surface area contributed by atoms with E-state index in [-0.39, 0.29) is 24.5 Å². The summed E-state index contributed by atoms with van der Waals surface area (Å²) in [7, 11) is 0. The van der Waals surface area contributed by atoms with Crippen molar-refractivity contribution in [2.24, 2.45) is 0 Å². The van der Waals surface area contributed by atoms with Crippen LogP contribution in [0.1, 0.15) is 41.4 Å². The summed E-state index contributed by atoms with van der Waals surface area (Å²) in [6.07, 6.45) is 2.11. The van der Waals surface area contributed by atoms with Crippen molar-refractivity contribution in [3.8, 4) is 11.5 Å². The van der Waals surface area contributed by atoms with Gasteiger partial charge in [-0.05, 0) is 71.0 Å². The van der Waals surface area contributed by atoms with Crippen LogP contribution in [0.2, 0.25) is 0 Å². The first-order valence-electron chi connectivity index (χ1n) is 14.0. The molecule has 208 valence electrons. The molecule has 2 fully saturated rings. The highest BCUT2D eigenvalue weighted by molar-refractivity contribution is 5.79. The standard InChI is InChI=1S/C29H33N7O4/c1-19-4-6-21-15-23(29(37)30-24(21)13-19)27(28-31-32-33-36(28)17-22-3-2-12-38-22)35-10-8-34(9-11-35)16-20-5-7-25-26(14-20)40-18-39-25/h4-7,13-15,22,27H,2-3,8-12,16-18H2,1H3,(H,30,37)/t22-,27-/m1/s1. The summed E-state index contributed by atoms with van der Waals surface area (Å²) in [5, 5.41) is 13.8. The largest absolute Gasteiger partial charge is 0.454 e. The minimum atomic E-state index is -0.376. The number of nitrogens with one attached hydrogen (secondary N) is 1. The Hall–Kier alpha value is -3.80. The smallest absolute Gasteiger partial charge is 0.253 e. The number of hydrogen-bond donors (Lipinski definition) is 1. The number of piperazine rings is 1. The minimum absolute atomic E-state index is 0.0827. The van der Waals surface area contributed by atoms with Crippen LogP contribution in [0.3, 0.4) is 0 Å². The topological polar surface area (TPSA) is 111 Å². The second-order valence-corrected chi connectivity index (χ2v) is 10.9. The molecule has 2 aromatic carbocycles. The molecule has 0 aliphatic carbocycles. The average Bonchev–Trinajstić information content (AvgIpc) is 3.73. The molecule has 2 aromatic heterocycles. The van der Waals surface area contributed by atoms with E-state index in [0.717, 1.165) is 80.1 Å². The fourth-order valence-electron chi connectivity index (χ4n) is 6.03. The number of aromatic nitrogens is 5. The molecule has 0 amide bonds. The van der Waals surface area contributed by atoms with Gasteiger partial charge in [0.05, 0.1) is 12.6 Å². The summed E-state index contributed by atoms with van der Waals surface area (Å²) in [6, 6.07) is 13.9. The minimum Gasteiger partial charge on any atom is -0.454 e. The summed E-state index contributed by atoms with van der Waals surface area (Å²) in [5.41, 5.74) is 3.67. The maximum atomic E-state index is 13.6. The number of tetrazole rings is 1. The van der Waals surface area contributed by atoms with E-state index in [1.54, 1.807) is 0 Å². The molecule has 11 nitrogen and oxygen atoms in total. The maximum absolute atomic E-state index is 13.6. The molecule has 5 heterocycles. The van der Waals surface area contributed by atoms with Crippen molar-refractivity contribution in [1.29, 1.82) is 0 Å². The molecule has 2 atom stereocenters. The number of ether oxygens (including phenoxy) is 3. The molecule has 11 heteroatoms. The van der Waals surface area contributed by atoms with E-state index in [2.05, 4.69) is 54.6 Å². The predicted molar refractivity (Wildman–Crippen MR) is 147 cm³/mol. The number of rotatable bonds is 7. The van der Waals surface area contributed by atoms with Gasteiger partial charge in [-0.15, -0.1) is 5.10 Å².